The molecule has 0 unspecified atom stereocenters. The third kappa shape index (κ3) is 3.07. The van der Waals surface area contributed by atoms with E-state index in [0.29, 0.717) is 17.8 Å². The second-order valence-electron chi connectivity index (χ2n) is 6.13. The summed E-state index contributed by atoms with van der Waals surface area (Å²) in [5, 5.41) is 4.63. The molecule has 1 aliphatic heterocycles. The first-order valence-corrected chi connectivity index (χ1v) is 9.56. The van der Waals surface area contributed by atoms with Crippen LogP contribution in [0, 0.1) is 5.92 Å². The van der Waals surface area contributed by atoms with Gasteiger partial charge in [0.25, 0.3) is 0 Å². The standard InChI is InChI=1S/C16H18N4O3S/c21-24(22,11-14-13-3-1-2-4-15(13)23-19-14)18-10-12-5-7-20-8-6-17-16(20)9-12/h1-4,6,8,12,18H,5,7,9-11H2/t12-/m1/s1. The van der Waals surface area contributed by atoms with Gasteiger partial charge in [0.15, 0.2) is 5.58 Å². The lowest BCUT2D eigenvalue weighted by Crippen LogP contribution is -2.34. The van der Waals surface area contributed by atoms with E-state index in [4.69, 9.17) is 4.52 Å². The summed E-state index contributed by atoms with van der Waals surface area (Å²) in [4.78, 5) is 4.31. The number of nitrogens with one attached hydrogen (secondary N) is 1. The van der Waals surface area contributed by atoms with Gasteiger partial charge in [-0.05, 0) is 24.5 Å². The summed E-state index contributed by atoms with van der Waals surface area (Å²) in [6.45, 7) is 1.31. The van der Waals surface area contributed by atoms with Gasteiger partial charge < -0.3 is 9.09 Å². The fourth-order valence-corrected chi connectivity index (χ4v) is 4.27. The van der Waals surface area contributed by atoms with Gasteiger partial charge in [0, 0.05) is 37.3 Å². The number of sulfonamides is 1. The number of aryl methyl sites for hydroxylation is 1. The summed E-state index contributed by atoms with van der Waals surface area (Å²) in [5.74, 6) is 1.11. The molecule has 0 saturated carbocycles. The molecule has 2 aromatic heterocycles. The number of imidazole rings is 1. The smallest absolute Gasteiger partial charge is 0.217 e. The molecule has 0 saturated heterocycles. The Morgan fingerprint density at radius 2 is 2.21 bits per heavy atom. The zero-order valence-corrected chi connectivity index (χ0v) is 13.9. The highest BCUT2D eigenvalue weighted by atomic mass is 32.2. The molecule has 0 spiro atoms. The van der Waals surface area contributed by atoms with Crippen LogP contribution >= 0.6 is 0 Å². The summed E-state index contributed by atoms with van der Waals surface area (Å²) >= 11 is 0. The van der Waals surface area contributed by atoms with Crippen molar-refractivity contribution in [1.29, 1.82) is 0 Å². The van der Waals surface area contributed by atoms with Crippen LogP contribution in [0.25, 0.3) is 11.0 Å². The highest BCUT2D eigenvalue weighted by Gasteiger charge is 2.22. The molecule has 0 amide bonds. The molecule has 7 nitrogen and oxygen atoms in total. The molecule has 0 aliphatic carbocycles. The highest BCUT2D eigenvalue weighted by Crippen LogP contribution is 2.21. The lowest BCUT2D eigenvalue weighted by atomic mass is 9.98. The van der Waals surface area contributed by atoms with Gasteiger partial charge >= 0.3 is 0 Å². The second kappa shape index (κ2) is 6.03. The quantitative estimate of drug-likeness (QED) is 0.759. The number of rotatable bonds is 5. The number of hydrogen-bond donors (Lipinski definition) is 1. The normalized spacial score (nSPS) is 17.9. The molecular weight excluding hydrogens is 328 g/mol. The lowest BCUT2D eigenvalue weighted by molar-refractivity contribution is 0.379. The Labute approximate surface area is 139 Å². The summed E-state index contributed by atoms with van der Waals surface area (Å²) in [7, 11) is -3.46. The van der Waals surface area contributed by atoms with E-state index < -0.39 is 10.0 Å². The summed E-state index contributed by atoms with van der Waals surface area (Å²) < 4.78 is 34.7. The van der Waals surface area contributed by atoms with Crippen LogP contribution in [0.3, 0.4) is 0 Å². The van der Waals surface area contributed by atoms with E-state index in [9.17, 15) is 8.42 Å². The van der Waals surface area contributed by atoms with E-state index in [1.54, 1.807) is 12.3 Å². The maximum absolute atomic E-state index is 12.4. The van der Waals surface area contributed by atoms with Gasteiger partial charge in [-0.15, -0.1) is 0 Å². The molecule has 1 atom stereocenters. The molecule has 3 aromatic rings. The largest absolute Gasteiger partial charge is 0.356 e. The van der Waals surface area contributed by atoms with Crippen molar-refractivity contribution in [3.05, 3.63) is 48.2 Å². The topological polar surface area (TPSA) is 90.0 Å². The monoisotopic (exact) mass is 346 g/mol. The molecule has 0 radical (unpaired) electrons. The molecule has 4 rings (SSSR count). The van der Waals surface area contributed by atoms with Crippen molar-refractivity contribution >= 4 is 21.0 Å². The Balaban J connectivity index is 1.41. The van der Waals surface area contributed by atoms with Crippen LogP contribution in [0.5, 0.6) is 0 Å². The summed E-state index contributed by atoms with van der Waals surface area (Å²) in [5.41, 5.74) is 1.04. The van der Waals surface area contributed by atoms with E-state index in [2.05, 4.69) is 19.4 Å². The number of hydrogen-bond acceptors (Lipinski definition) is 5. The molecule has 1 aromatic carbocycles. The van der Waals surface area contributed by atoms with E-state index >= 15 is 0 Å². The first-order chi connectivity index (χ1) is 11.6. The van der Waals surface area contributed by atoms with Gasteiger partial charge in [-0.2, -0.15) is 0 Å². The first kappa shape index (κ1) is 15.3. The van der Waals surface area contributed by atoms with Crippen molar-refractivity contribution in [3.63, 3.8) is 0 Å². The van der Waals surface area contributed by atoms with Crippen LogP contribution < -0.4 is 4.72 Å². The molecule has 126 valence electrons. The van der Waals surface area contributed by atoms with Crippen molar-refractivity contribution < 1.29 is 12.9 Å². The lowest BCUT2D eigenvalue weighted by Gasteiger charge is -2.23. The van der Waals surface area contributed by atoms with Crippen molar-refractivity contribution in [2.24, 2.45) is 5.92 Å². The molecule has 1 N–H and O–H groups in total. The molecule has 3 heterocycles. The maximum Gasteiger partial charge on any atom is 0.217 e. The van der Waals surface area contributed by atoms with Crippen molar-refractivity contribution in [2.75, 3.05) is 6.54 Å². The molecule has 0 bridgehead atoms. The molecule has 0 fully saturated rings. The highest BCUT2D eigenvalue weighted by molar-refractivity contribution is 7.88. The van der Waals surface area contributed by atoms with Gasteiger partial charge in [-0.1, -0.05) is 17.3 Å². The number of aromatic nitrogens is 3. The van der Waals surface area contributed by atoms with Crippen LogP contribution in [0.4, 0.5) is 0 Å². The fourth-order valence-electron chi connectivity index (χ4n) is 3.11. The zero-order chi connectivity index (χ0) is 16.6. The van der Waals surface area contributed by atoms with E-state index in [1.165, 1.54) is 0 Å². The Morgan fingerprint density at radius 1 is 1.33 bits per heavy atom. The minimum atomic E-state index is -3.46. The van der Waals surface area contributed by atoms with Gasteiger partial charge in [-0.3, -0.25) is 0 Å². The predicted octanol–water partition coefficient (Wildman–Crippen LogP) is 1.71. The van der Waals surface area contributed by atoms with Crippen LogP contribution in [-0.2, 0) is 28.7 Å². The number of para-hydroxylation sites is 1. The SMILES string of the molecule is O=S(=O)(Cc1noc2ccccc12)NC[C@@H]1CCn2ccnc2C1. The second-order valence-corrected chi connectivity index (χ2v) is 7.94. The van der Waals surface area contributed by atoms with Crippen LogP contribution in [0.2, 0.25) is 0 Å². The van der Waals surface area contributed by atoms with E-state index in [-0.39, 0.29) is 11.7 Å². The molecule has 24 heavy (non-hydrogen) atoms. The van der Waals surface area contributed by atoms with Gasteiger partial charge in [0.1, 0.15) is 17.3 Å². The summed E-state index contributed by atoms with van der Waals surface area (Å²) in [6.07, 6.45) is 5.49. The Bertz CT molecular complexity index is 961. The van der Waals surface area contributed by atoms with Crippen molar-refractivity contribution in [1.82, 2.24) is 19.4 Å². The Kier molecular flexibility index (Phi) is 3.85. The zero-order valence-electron chi connectivity index (χ0n) is 13.1. The average molecular weight is 346 g/mol. The molecule has 8 heteroatoms. The average Bonchev–Trinajstić information content (AvgIpc) is 3.19. The minimum Gasteiger partial charge on any atom is -0.356 e. The predicted molar refractivity (Wildman–Crippen MR) is 88.7 cm³/mol. The minimum absolute atomic E-state index is 0.175. The van der Waals surface area contributed by atoms with Crippen molar-refractivity contribution in [3.8, 4) is 0 Å². The van der Waals surface area contributed by atoms with Crippen LogP contribution in [0.1, 0.15) is 17.9 Å². The molecular formula is C16H18N4O3S. The molecule has 1 aliphatic rings. The van der Waals surface area contributed by atoms with E-state index in [1.807, 2.05) is 24.4 Å². The number of fused-ring (bicyclic) bond motifs is 2. The van der Waals surface area contributed by atoms with Crippen LogP contribution in [-0.4, -0.2) is 29.7 Å². The maximum atomic E-state index is 12.4. The third-order valence-electron chi connectivity index (χ3n) is 4.42. The van der Waals surface area contributed by atoms with Gasteiger partial charge in [0.2, 0.25) is 10.0 Å². The fraction of sp³-hybridized carbons (Fsp3) is 0.375. The Hall–Kier alpha value is -2.19. The first-order valence-electron chi connectivity index (χ1n) is 7.91. The van der Waals surface area contributed by atoms with Crippen LogP contribution in [0.15, 0.2) is 41.2 Å². The van der Waals surface area contributed by atoms with Gasteiger partial charge in [0.05, 0.1) is 0 Å². The van der Waals surface area contributed by atoms with Crippen molar-refractivity contribution in [2.45, 2.75) is 25.1 Å². The van der Waals surface area contributed by atoms with Gasteiger partial charge in [-0.25, -0.2) is 18.1 Å². The Morgan fingerprint density at radius 3 is 3.12 bits per heavy atom. The third-order valence-corrected chi connectivity index (χ3v) is 5.68. The summed E-state index contributed by atoms with van der Waals surface area (Å²) in [6, 6.07) is 7.26. The number of nitrogens with zero attached hydrogens (tertiary/aromatic N) is 3. The number of benzene rings is 1. The van der Waals surface area contributed by atoms with E-state index in [0.717, 1.165) is 30.6 Å².